The molecular weight excluding hydrogens is 541 g/mol. The van der Waals surface area contributed by atoms with E-state index in [2.05, 4.69) is 38.5 Å². The summed E-state index contributed by atoms with van der Waals surface area (Å²) in [5.74, 6) is 1.47. The SMILES string of the molecule is CN=C(NCCCOc1ccc2ccccc2c1)NCCNS(=O)(=O)c1ccn(C)c1.I. The predicted octanol–water partition coefficient (Wildman–Crippen LogP) is 2.71. The van der Waals surface area contributed by atoms with Gasteiger partial charge >= 0.3 is 0 Å². The maximum Gasteiger partial charge on any atom is 0.242 e. The molecule has 1 aromatic heterocycles. The van der Waals surface area contributed by atoms with E-state index in [1.54, 1.807) is 37.1 Å². The van der Waals surface area contributed by atoms with Crippen LogP contribution in [-0.2, 0) is 17.1 Å². The van der Waals surface area contributed by atoms with Crippen LogP contribution in [0.2, 0.25) is 0 Å². The topological polar surface area (TPSA) is 96.8 Å². The summed E-state index contributed by atoms with van der Waals surface area (Å²) in [6.07, 6.45) is 4.06. The summed E-state index contributed by atoms with van der Waals surface area (Å²) in [6, 6.07) is 15.8. The third kappa shape index (κ3) is 7.68. The smallest absolute Gasteiger partial charge is 0.242 e. The molecule has 3 rings (SSSR count). The minimum Gasteiger partial charge on any atom is -0.494 e. The Morgan fingerprint density at radius 1 is 1.03 bits per heavy atom. The molecule has 10 heteroatoms. The normalized spacial score (nSPS) is 11.8. The molecule has 0 radical (unpaired) electrons. The molecule has 2 aromatic carbocycles. The number of benzene rings is 2. The van der Waals surface area contributed by atoms with Crippen LogP contribution in [0.5, 0.6) is 5.75 Å². The highest BCUT2D eigenvalue weighted by atomic mass is 127. The van der Waals surface area contributed by atoms with Crippen molar-refractivity contribution in [2.45, 2.75) is 11.3 Å². The van der Waals surface area contributed by atoms with Crippen molar-refractivity contribution >= 4 is 50.7 Å². The highest BCUT2D eigenvalue weighted by molar-refractivity contribution is 14.0. The number of hydrogen-bond donors (Lipinski definition) is 3. The number of aliphatic imine (C=N–C) groups is 1. The number of hydrogen-bond acceptors (Lipinski definition) is 4. The summed E-state index contributed by atoms with van der Waals surface area (Å²) in [5.41, 5.74) is 0. The standard InChI is InChI=1S/C22H29N5O3S.HI/c1-23-22(25-12-13-26-31(28,29)21-10-14-27(2)17-21)24-11-5-15-30-20-9-8-18-6-3-4-7-19(18)16-20;/h3-4,6-10,14,16-17,26H,5,11-13,15H2,1-2H3,(H2,23,24,25);1H. The molecule has 3 aromatic rings. The fourth-order valence-electron chi connectivity index (χ4n) is 3.03. The minimum atomic E-state index is -3.50. The molecule has 32 heavy (non-hydrogen) atoms. The number of halogens is 1. The molecule has 0 unspecified atom stereocenters. The number of rotatable bonds is 10. The second-order valence-electron chi connectivity index (χ2n) is 7.05. The first-order valence-corrected chi connectivity index (χ1v) is 11.6. The lowest BCUT2D eigenvalue weighted by atomic mass is 10.1. The molecule has 0 saturated heterocycles. The van der Waals surface area contributed by atoms with Crippen molar-refractivity contribution in [3.8, 4) is 5.75 Å². The monoisotopic (exact) mass is 571 g/mol. The molecule has 8 nitrogen and oxygen atoms in total. The molecule has 3 N–H and O–H groups in total. The van der Waals surface area contributed by atoms with Crippen LogP contribution < -0.4 is 20.1 Å². The highest BCUT2D eigenvalue weighted by Crippen LogP contribution is 2.20. The quantitative estimate of drug-likeness (QED) is 0.151. The van der Waals surface area contributed by atoms with Gasteiger partial charge in [0.25, 0.3) is 0 Å². The lowest BCUT2D eigenvalue weighted by molar-refractivity contribution is 0.311. The van der Waals surface area contributed by atoms with Crippen LogP contribution in [0.4, 0.5) is 0 Å². The van der Waals surface area contributed by atoms with Crippen molar-refractivity contribution < 1.29 is 13.2 Å². The lowest BCUT2D eigenvalue weighted by Crippen LogP contribution is -2.42. The molecule has 0 aliphatic heterocycles. The van der Waals surface area contributed by atoms with Crippen molar-refractivity contribution in [2.24, 2.45) is 12.0 Å². The van der Waals surface area contributed by atoms with Crippen molar-refractivity contribution in [3.05, 3.63) is 60.9 Å². The Morgan fingerprint density at radius 3 is 2.50 bits per heavy atom. The van der Waals surface area contributed by atoms with Gasteiger partial charge in [-0.25, -0.2) is 13.1 Å². The number of nitrogens with zero attached hydrogens (tertiary/aromatic N) is 2. The maximum absolute atomic E-state index is 12.2. The number of aromatic nitrogens is 1. The van der Waals surface area contributed by atoms with E-state index < -0.39 is 10.0 Å². The first-order chi connectivity index (χ1) is 15.0. The van der Waals surface area contributed by atoms with Gasteiger partial charge in [-0.2, -0.15) is 0 Å². The van der Waals surface area contributed by atoms with Crippen LogP contribution in [0.1, 0.15) is 6.42 Å². The Morgan fingerprint density at radius 2 is 1.78 bits per heavy atom. The molecule has 0 spiro atoms. The lowest BCUT2D eigenvalue weighted by Gasteiger charge is -2.13. The van der Waals surface area contributed by atoms with E-state index in [9.17, 15) is 8.42 Å². The number of ether oxygens (including phenoxy) is 1. The zero-order valence-electron chi connectivity index (χ0n) is 18.2. The summed E-state index contributed by atoms with van der Waals surface area (Å²) < 4.78 is 34.5. The molecule has 0 bridgehead atoms. The summed E-state index contributed by atoms with van der Waals surface area (Å²) in [4.78, 5) is 4.40. The van der Waals surface area contributed by atoms with Gasteiger partial charge in [-0.3, -0.25) is 4.99 Å². The minimum absolute atomic E-state index is 0. The van der Waals surface area contributed by atoms with Crippen LogP contribution in [0.3, 0.4) is 0 Å². The van der Waals surface area contributed by atoms with E-state index in [0.29, 0.717) is 25.7 Å². The van der Waals surface area contributed by atoms with Crippen molar-refractivity contribution in [2.75, 3.05) is 33.3 Å². The number of nitrogens with one attached hydrogen (secondary N) is 3. The number of guanidine groups is 1. The number of sulfonamides is 1. The maximum atomic E-state index is 12.2. The van der Waals surface area contributed by atoms with Gasteiger partial charge in [0, 0.05) is 46.1 Å². The van der Waals surface area contributed by atoms with E-state index in [1.807, 2.05) is 24.3 Å². The Kier molecular flexibility index (Phi) is 10.3. The van der Waals surface area contributed by atoms with Crippen LogP contribution in [0.15, 0.2) is 70.8 Å². The molecule has 0 aliphatic carbocycles. The fraction of sp³-hybridized carbons (Fsp3) is 0.318. The Balaban J connectivity index is 0.00000363. The van der Waals surface area contributed by atoms with Gasteiger partial charge in [-0.05, 0) is 35.4 Å². The zero-order valence-corrected chi connectivity index (χ0v) is 21.4. The largest absolute Gasteiger partial charge is 0.494 e. The molecule has 0 atom stereocenters. The second-order valence-corrected chi connectivity index (χ2v) is 8.81. The van der Waals surface area contributed by atoms with Crippen molar-refractivity contribution in [1.29, 1.82) is 0 Å². The van der Waals surface area contributed by atoms with Gasteiger partial charge in [0.15, 0.2) is 5.96 Å². The average Bonchev–Trinajstić information content (AvgIpc) is 3.22. The number of fused-ring (bicyclic) bond motifs is 1. The van der Waals surface area contributed by atoms with Crippen molar-refractivity contribution in [1.82, 2.24) is 19.9 Å². The summed E-state index contributed by atoms with van der Waals surface area (Å²) >= 11 is 0. The molecule has 0 aliphatic rings. The number of aryl methyl sites for hydroxylation is 1. The first kappa shape index (κ1) is 25.9. The van der Waals surface area contributed by atoms with E-state index in [-0.39, 0.29) is 35.4 Å². The van der Waals surface area contributed by atoms with Gasteiger partial charge in [-0.1, -0.05) is 30.3 Å². The van der Waals surface area contributed by atoms with Crippen molar-refractivity contribution in [3.63, 3.8) is 0 Å². The van der Waals surface area contributed by atoms with Gasteiger partial charge < -0.3 is 19.9 Å². The summed E-state index contributed by atoms with van der Waals surface area (Å²) in [5, 5.41) is 8.64. The van der Waals surface area contributed by atoms with E-state index >= 15 is 0 Å². The molecule has 0 saturated carbocycles. The van der Waals surface area contributed by atoms with Crippen LogP contribution >= 0.6 is 24.0 Å². The van der Waals surface area contributed by atoms with Gasteiger partial charge in [-0.15, -0.1) is 24.0 Å². The Hall–Kier alpha value is -2.31. The zero-order chi connectivity index (χ0) is 22.1. The molecule has 0 amide bonds. The first-order valence-electron chi connectivity index (χ1n) is 10.2. The third-order valence-electron chi connectivity index (χ3n) is 4.65. The van der Waals surface area contributed by atoms with E-state index in [0.717, 1.165) is 17.6 Å². The van der Waals surface area contributed by atoms with Gasteiger partial charge in [0.1, 0.15) is 5.75 Å². The van der Waals surface area contributed by atoms with E-state index in [1.165, 1.54) is 5.39 Å². The Labute approximate surface area is 206 Å². The van der Waals surface area contributed by atoms with Gasteiger partial charge in [0.05, 0.1) is 11.5 Å². The molecular formula is C22H30IN5O3S. The van der Waals surface area contributed by atoms with Gasteiger partial charge in [0.2, 0.25) is 10.0 Å². The predicted molar refractivity (Wildman–Crippen MR) is 139 cm³/mol. The summed E-state index contributed by atoms with van der Waals surface area (Å²) in [6.45, 7) is 1.94. The fourth-order valence-corrected chi connectivity index (χ4v) is 4.12. The average molecular weight is 571 g/mol. The van der Waals surface area contributed by atoms with E-state index in [4.69, 9.17) is 4.74 Å². The van der Waals surface area contributed by atoms with Crippen LogP contribution in [0, 0.1) is 0 Å². The van der Waals surface area contributed by atoms with Crippen LogP contribution in [-0.4, -0.2) is 52.2 Å². The third-order valence-corrected chi connectivity index (χ3v) is 6.10. The molecule has 0 fully saturated rings. The molecule has 174 valence electrons. The summed E-state index contributed by atoms with van der Waals surface area (Å²) in [7, 11) is -0.0398. The molecule has 1 heterocycles. The van der Waals surface area contributed by atoms with Crippen LogP contribution in [0.25, 0.3) is 10.8 Å². The Bertz CT molecular complexity index is 1130. The second kappa shape index (κ2) is 12.7. The highest BCUT2D eigenvalue weighted by Gasteiger charge is 2.14.